The molecule has 6 heteroatoms. The van der Waals surface area contributed by atoms with Crippen molar-refractivity contribution in [1.82, 2.24) is 10.2 Å². The van der Waals surface area contributed by atoms with Crippen LogP contribution in [0.25, 0.3) is 0 Å². The van der Waals surface area contributed by atoms with Gasteiger partial charge in [-0.1, -0.05) is 35.9 Å². The van der Waals surface area contributed by atoms with E-state index in [0.717, 1.165) is 37.6 Å². The third kappa shape index (κ3) is 6.64. The Kier molecular flexibility index (Phi) is 8.37. The van der Waals surface area contributed by atoms with Crippen LogP contribution in [-0.4, -0.2) is 29.1 Å². The molecule has 0 amide bonds. The van der Waals surface area contributed by atoms with Crippen molar-refractivity contribution in [2.45, 2.75) is 51.4 Å². The van der Waals surface area contributed by atoms with Gasteiger partial charge in [0, 0.05) is 23.0 Å². The van der Waals surface area contributed by atoms with Crippen LogP contribution in [0.1, 0.15) is 51.4 Å². The minimum Gasteiger partial charge on any atom is -0.332 e. The molecule has 0 spiro atoms. The summed E-state index contributed by atoms with van der Waals surface area (Å²) < 4.78 is 0. The van der Waals surface area contributed by atoms with E-state index in [9.17, 15) is 0 Å². The van der Waals surface area contributed by atoms with Crippen molar-refractivity contribution in [2.24, 2.45) is 4.99 Å². The number of anilines is 1. The third-order valence-corrected chi connectivity index (χ3v) is 5.44. The van der Waals surface area contributed by atoms with E-state index in [-0.39, 0.29) is 0 Å². The molecule has 28 heavy (non-hydrogen) atoms. The first-order valence-corrected chi connectivity index (χ1v) is 11.0. The van der Waals surface area contributed by atoms with E-state index in [1.165, 1.54) is 44.2 Å². The van der Waals surface area contributed by atoms with Crippen molar-refractivity contribution in [1.29, 1.82) is 0 Å². The number of thiocarbonyl (C=S) groups is 1. The van der Waals surface area contributed by atoms with Gasteiger partial charge in [-0.25, -0.2) is 0 Å². The smallest absolute Gasteiger partial charge is 0.204 e. The van der Waals surface area contributed by atoms with E-state index in [2.05, 4.69) is 33.9 Å². The van der Waals surface area contributed by atoms with Crippen molar-refractivity contribution in [3.05, 3.63) is 53.2 Å². The Balaban J connectivity index is 1.60. The van der Waals surface area contributed by atoms with Gasteiger partial charge in [0.05, 0.1) is 6.54 Å². The molecule has 1 aliphatic heterocycles. The van der Waals surface area contributed by atoms with Crippen LogP contribution >= 0.6 is 23.8 Å². The van der Waals surface area contributed by atoms with Gasteiger partial charge in [0.15, 0.2) is 5.11 Å². The molecule has 0 atom stereocenters. The summed E-state index contributed by atoms with van der Waals surface area (Å²) in [7, 11) is 0. The minimum absolute atomic E-state index is 0.643. The first-order valence-electron chi connectivity index (χ1n) is 10.2. The lowest BCUT2D eigenvalue weighted by atomic mass is 10.1. The van der Waals surface area contributed by atoms with Crippen LogP contribution in [0.2, 0.25) is 5.02 Å². The zero-order chi connectivity index (χ0) is 19.6. The highest BCUT2D eigenvalue weighted by Gasteiger charge is 2.21. The fraction of sp³-hybridized carbons (Fsp3) is 0.455. The first-order chi connectivity index (χ1) is 13.7. The largest absolute Gasteiger partial charge is 0.332 e. The van der Waals surface area contributed by atoms with E-state index in [0.29, 0.717) is 10.1 Å². The molecule has 1 aromatic rings. The van der Waals surface area contributed by atoms with Crippen molar-refractivity contribution in [3.63, 3.8) is 0 Å². The zero-order valence-corrected chi connectivity index (χ0v) is 17.9. The van der Waals surface area contributed by atoms with E-state index in [1.807, 2.05) is 29.2 Å². The Morgan fingerprint density at radius 3 is 2.68 bits per heavy atom. The molecule has 0 saturated heterocycles. The van der Waals surface area contributed by atoms with Gasteiger partial charge < -0.3 is 10.6 Å². The van der Waals surface area contributed by atoms with Gasteiger partial charge in [0.25, 0.3) is 0 Å². The zero-order valence-electron chi connectivity index (χ0n) is 16.3. The highest BCUT2D eigenvalue weighted by Crippen LogP contribution is 2.17. The summed E-state index contributed by atoms with van der Waals surface area (Å²) in [6, 6.07) is 7.60. The molecule has 0 bridgehead atoms. The molecule has 2 N–H and O–H groups in total. The molecule has 0 unspecified atom stereocenters. The molecule has 0 aromatic heterocycles. The second-order valence-corrected chi connectivity index (χ2v) is 7.98. The van der Waals surface area contributed by atoms with Crippen molar-refractivity contribution >= 4 is 40.6 Å². The third-order valence-electron chi connectivity index (χ3n) is 4.88. The van der Waals surface area contributed by atoms with Crippen LogP contribution in [0.4, 0.5) is 5.69 Å². The molecule has 150 valence electrons. The van der Waals surface area contributed by atoms with Crippen LogP contribution in [0, 0.1) is 0 Å². The molecule has 1 aromatic carbocycles. The van der Waals surface area contributed by atoms with Gasteiger partial charge in [0.2, 0.25) is 5.96 Å². The van der Waals surface area contributed by atoms with Gasteiger partial charge in [-0.15, -0.1) is 0 Å². The Bertz CT molecular complexity index is 757. The molecular formula is C22H29ClN4S. The minimum atomic E-state index is 0.643. The Labute approximate surface area is 178 Å². The summed E-state index contributed by atoms with van der Waals surface area (Å²) in [6.45, 7) is 1.53. The van der Waals surface area contributed by atoms with Gasteiger partial charge in [-0.05, 0) is 81.8 Å². The average Bonchev–Trinajstić information content (AvgIpc) is 3.12. The summed E-state index contributed by atoms with van der Waals surface area (Å²) in [5, 5.41) is 8.17. The summed E-state index contributed by atoms with van der Waals surface area (Å²) in [5.74, 6) is 0.845. The number of aliphatic imine (C=N–C) groups is 1. The van der Waals surface area contributed by atoms with Crippen LogP contribution in [0.5, 0.6) is 0 Å². The number of rotatable bonds is 2. The molecule has 0 radical (unpaired) electrons. The summed E-state index contributed by atoms with van der Waals surface area (Å²) in [6.07, 6.45) is 16.4. The lowest BCUT2D eigenvalue weighted by Crippen LogP contribution is -2.44. The number of nitrogens with zero attached hydrogens (tertiary/aromatic N) is 2. The van der Waals surface area contributed by atoms with Crippen LogP contribution in [0.15, 0.2) is 53.2 Å². The van der Waals surface area contributed by atoms with Crippen LogP contribution < -0.4 is 10.6 Å². The summed E-state index contributed by atoms with van der Waals surface area (Å²) in [4.78, 5) is 6.68. The van der Waals surface area contributed by atoms with E-state index >= 15 is 0 Å². The number of benzene rings is 1. The standard InChI is InChI=1S/C22H29ClN4S/c23-18-11-10-14-20(17-18)26-22(28)27-16-15-24-21(27)25-19-12-8-6-4-2-1-3-5-7-9-13-19/h1-2,10-11,13-14,17H,3-9,12,15-16H2,(H,24,25)(H,26,28)/b2-1-,19-13+. The van der Waals surface area contributed by atoms with Gasteiger partial charge >= 0.3 is 0 Å². The number of hydrogen-bond donors (Lipinski definition) is 2. The fourth-order valence-electron chi connectivity index (χ4n) is 3.36. The summed E-state index contributed by atoms with van der Waals surface area (Å²) >= 11 is 11.7. The molecule has 1 heterocycles. The Hall–Kier alpha value is -1.85. The number of hydrogen-bond acceptors (Lipinski definition) is 3. The molecule has 4 nitrogen and oxygen atoms in total. The monoisotopic (exact) mass is 416 g/mol. The maximum absolute atomic E-state index is 6.08. The lowest BCUT2D eigenvalue weighted by Gasteiger charge is -2.24. The number of nitrogens with one attached hydrogen (secondary N) is 2. The topological polar surface area (TPSA) is 39.7 Å². The van der Waals surface area contributed by atoms with E-state index in [1.54, 1.807) is 0 Å². The molecule has 0 fully saturated rings. The SMILES string of the molecule is S=C(Nc1cccc(Cl)c1)N1CCN=C1N/C1=C/CCCC/C=C\CCCC1. The van der Waals surface area contributed by atoms with Crippen molar-refractivity contribution in [3.8, 4) is 0 Å². The fourth-order valence-corrected chi connectivity index (χ4v) is 3.85. The van der Waals surface area contributed by atoms with Crippen molar-refractivity contribution in [2.75, 3.05) is 18.4 Å². The molecule has 2 aliphatic rings. The summed E-state index contributed by atoms with van der Waals surface area (Å²) in [5.41, 5.74) is 2.16. The van der Waals surface area contributed by atoms with Gasteiger partial charge in [0.1, 0.15) is 0 Å². The second kappa shape index (κ2) is 11.2. The van der Waals surface area contributed by atoms with Crippen molar-refractivity contribution < 1.29 is 0 Å². The second-order valence-electron chi connectivity index (χ2n) is 7.15. The average molecular weight is 417 g/mol. The lowest BCUT2D eigenvalue weighted by molar-refractivity contribution is 0.643. The number of allylic oxidation sites excluding steroid dienone is 4. The normalized spacial score (nSPS) is 21.5. The molecular weight excluding hydrogens is 388 g/mol. The molecule has 3 rings (SSSR count). The van der Waals surface area contributed by atoms with Gasteiger partial charge in [-0.3, -0.25) is 9.89 Å². The van der Waals surface area contributed by atoms with Crippen LogP contribution in [0.3, 0.4) is 0 Å². The molecule has 1 aliphatic carbocycles. The predicted molar refractivity (Wildman–Crippen MR) is 124 cm³/mol. The van der Waals surface area contributed by atoms with E-state index < -0.39 is 0 Å². The first kappa shape index (κ1) is 20.9. The maximum atomic E-state index is 6.08. The molecule has 0 saturated carbocycles. The maximum Gasteiger partial charge on any atom is 0.204 e. The quantitative estimate of drug-likeness (QED) is 0.467. The highest BCUT2D eigenvalue weighted by molar-refractivity contribution is 7.80. The van der Waals surface area contributed by atoms with E-state index in [4.69, 9.17) is 23.8 Å². The van der Waals surface area contributed by atoms with Gasteiger partial charge in [-0.2, -0.15) is 0 Å². The van der Waals surface area contributed by atoms with Crippen LogP contribution in [-0.2, 0) is 0 Å². The number of guanidine groups is 1. The Morgan fingerprint density at radius 1 is 1.07 bits per heavy atom. The predicted octanol–water partition coefficient (Wildman–Crippen LogP) is 5.87. The highest BCUT2D eigenvalue weighted by atomic mass is 35.5. The Morgan fingerprint density at radius 2 is 1.86 bits per heavy atom. The number of halogens is 1.